The number of likely N-dealkylation sites (tertiary alicyclic amines) is 1. The van der Waals surface area contributed by atoms with E-state index in [-0.39, 0.29) is 23.7 Å². The summed E-state index contributed by atoms with van der Waals surface area (Å²) in [6, 6.07) is 15.3. The maximum Gasteiger partial charge on any atom is 0.227 e. The smallest absolute Gasteiger partial charge is 0.227 e. The van der Waals surface area contributed by atoms with Gasteiger partial charge in [-0.1, -0.05) is 44.2 Å². The zero-order valence-corrected chi connectivity index (χ0v) is 18.8. The molecule has 2 aromatic carbocycles. The Kier molecular flexibility index (Phi) is 7.55. The minimum absolute atomic E-state index is 0.0252. The predicted molar refractivity (Wildman–Crippen MR) is 120 cm³/mol. The number of nitrogens with one attached hydrogen (secondary N) is 1. The predicted octanol–water partition coefficient (Wildman–Crippen LogP) is 3.26. The van der Waals surface area contributed by atoms with E-state index in [0.717, 1.165) is 11.1 Å². The van der Waals surface area contributed by atoms with E-state index in [1.165, 1.54) is 0 Å². The van der Waals surface area contributed by atoms with Gasteiger partial charge in [-0.3, -0.25) is 9.59 Å². The Labute approximate surface area is 184 Å². The molecule has 166 valence electrons. The van der Waals surface area contributed by atoms with Crippen molar-refractivity contribution in [2.24, 2.45) is 11.8 Å². The lowest BCUT2D eigenvalue weighted by Crippen LogP contribution is -2.37. The largest absolute Gasteiger partial charge is 0.497 e. The molecule has 0 bridgehead atoms. The highest BCUT2D eigenvalue weighted by Gasteiger charge is 2.41. The molecule has 3 rings (SSSR count). The number of hydrogen-bond donors (Lipinski definition) is 1. The van der Waals surface area contributed by atoms with Crippen LogP contribution in [0.3, 0.4) is 0 Å². The fourth-order valence-electron chi connectivity index (χ4n) is 4.04. The molecule has 2 atom stereocenters. The molecule has 6 heteroatoms. The van der Waals surface area contributed by atoms with Crippen LogP contribution in [-0.2, 0) is 16.0 Å². The van der Waals surface area contributed by atoms with Gasteiger partial charge in [0, 0.05) is 31.1 Å². The first-order valence-corrected chi connectivity index (χ1v) is 10.7. The molecule has 2 aromatic rings. The van der Waals surface area contributed by atoms with Crippen LogP contribution in [-0.4, -0.2) is 50.6 Å². The first-order chi connectivity index (χ1) is 14.9. The molecule has 6 nitrogen and oxygen atoms in total. The number of carbonyl (C=O) groups is 2. The van der Waals surface area contributed by atoms with Crippen molar-refractivity contribution < 1.29 is 19.1 Å². The number of rotatable bonds is 8. The fraction of sp³-hybridized carbons (Fsp3) is 0.440. The summed E-state index contributed by atoms with van der Waals surface area (Å²) in [5.74, 6) is 1.23. The van der Waals surface area contributed by atoms with E-state index in [2.05, 4.69) is 19.2 Å². The first kappa shape index (κ1) is 22.7. The third-order valence-electron chi connectivity index (χ3n) is 5.73. The summed E-state index contributed by atoms with van der Waals surface area (Å²) in [7, 11) is 3.23. The molecular formula is C25H32N2O4. The van der Waals surface area contributed by atoms with Crippen LogP contribution in [0, 0.1) is 11.8 Å². The summed E-state index contributed by atoms with van der Waals surface area (Å²) in [5, 5.41) is 3.05. The van der Waals surface area contributed by atoms with Crippen LogP contribution in [0.5, 0.6) is 11.5 Å². The van der Waals surface area contributed by atoms with Gasteiger partial charge in [-0.2, -0.15) is 0 Å². The lowest BCUT2D eigenvalue weighted by atomic mass is 9.87. The molecule has 1 aliphatic heterocycles. The van der Waals surface area contributed by atoms with Gasteiger partial charge in [0.05, 0.1) is 26.6 Å². The third-order valence-corrected chi connectivity index (χ3v) is 5.73. The molecule has 31 heavy (non-hydrogen) atoms. The van der Waals surface area contributed by atoms with Crippen molar-refractivity contribution in [1.82, 2.24) is 10.2 Å². The second-order valence-corrected chi connectivity index (χ2v) is 8.42. The van der Waals surface area contributed by atoms with Gasteiger partial charge in [0.15, 0.2) is 0 Å². The second-order valence-electron chi connectivity index (χ2n) is 8.42. The van der Waals surface area contributed by atoms with Crippen LogP contribution in [0.2, 0.25) is 0 Å². The SMILES string of the molecule is COc1ccc(OC)c([C@H]2CN(C(=O)Cc3ccccc3)C[C@H]2C(=O)NCC(C)C)c1. The van der Waals surface area contributed by atoms with Crippen LogP contribution in [0.15, 0.2) is 48.5 Å². The molecule has 0 unspecified atom stereocenters. The van der Waals surface area contributed by atoms with Gasteiger partial charge in [-0.25, -0.2) is 0 Å². The highest BCUT2D eigenvalue weighted by Crippen LogP contribution is 2.39. The summed E-state index contributed by atoms with van der Waals surface area (Å²) < 4.78 is 11.0. The summed E-state index contributed by atoms with van der Waals surface area (Å²) in [5.41, 5.74) is 1.86. The number of benzene rings is 2. The molecule has 0 aliphatic carbocycles. The standard InChI is InChI=1S/C25H32N2O4/c1-17(2)14-26-25(29)22-16-27(24(28)12-18-8-6-5-7-9-18)15-21(22)20-13-19(30-3)10-11-23(20)31-4/h5-11,13,17,21-22H,12,14-16H2,1-4H3,(H,26,29)/t21-,22-/m1/s1. The van der Waals surface area contributed by atoms with Crippen LogP contribution in [0.1, 0.15) is 30.9 Å². The Bertz CT molecular complexity index is 898. The van der Waals surface area contributed by atoms with Crippen molar-refractivity contribution in [3.63, 3.8) is 0 Å². The molecule has 0 spiro atoms. The lowest BCUT2D eigenvalue weighted by Gasteiger charge is -2.21. The Hall–Kier alpha value is -3.02. The minimum Gasteiger partial charge on any atom is -0.497 e. The molecule has 0 saturated carbocycles. The van der Waals surface area contributed by atoms with E-state index in [1.54, 1.807) is 19.1 Å². The third kappa shape index (κ3) is 5.57. The van der Waals surface area contributed by atoms with Crippen molar-refractivity contribution in [1.29, 1.82) is 0 Å². The monoisotopic (exact) mass is 424 g/mol. The van der Waals surface area contributed by atoms with Gasteiger partial charge in [0.25, 0.3) is 0 Å². The maximum absolute atomic E-state index is 13.1. The highest BCUT2D eigenvalue weighted by atomic mass is 16.5. The minimum atomic E-state index is -0.348. The zero-order valence-electron chi connectivity index (χ0n) is 18.8. The van der Waals surface area contributed by atoms with E-state index in [0.29, 0.717) is 43.5 Å². The number of hydrogen-bond acceptors (Lipinski definition) is 4. The number of ether oxygens (including phenoxy) is 2. The zero-order chi connectivity index (χ0) is 22.4. The van der Waals surface area contributed by atoms with Crippen molar-refractivity contribution in [2.45, 2.75) is 26.2 Å². The first-order valence-electron chi connectivity index (χ1n) is 10.7. The maximum atomic E-state index is 13.1. The Morgan fingerprint density at radius 1 is 1.06 bits per heavy atom. The molecule has 1 N–H and O–H groups in total. The normalized spacial score (nSPS) is 18.2. The molecule has 0 radical (unpaired) electrons. The Morgan fingerprint density at radius 3 is 2.45 bits per heavy atom. The van der Waals surface area contributed by atoms with Crippen LogP contribution in [0.4, 0.5) is 0 Å². The van der Waals surface area contributed by atoms with Crippen LogP contribution < -0.4 is 14.8 Å². The van der Waals surface area contributed by atoms with E-state index in [4.69, 9.17) is 9.47 Å². The Morgan fingerprint density at radius 2 is 1.81 bits per heavy atom. The highest BCUT2D eigenvalue weighted by molar-refractivity contribution is 5.84. The van der Waals surface area contributed by atoms with Crippen molar-refractivity contribution in [2.75, 3.05) is 33.9 Å². The summed E-state index contributed by atoms with van der Waals surface area (Å²) in [6.07, 6.45) is 0.323. The van der Waals surface area contributed by atoms with E-state index in [1.807, 2.05) is 48.5 Å². The molecule has 1 heterocycles. The van der Waals surface area contributed by atoms with Crippen LogP contribution >= 0.6 is 0 Å². The average Bonchev–Trinajstić information content (AvgIpc) is 3.23. The summed E-state index contributed by atoms with van der Waals surface area (Å²) >= 11 is 0. The number of nitrogens with zero attached hydrogens (tertiary/aromatic N) is 1. The number of amides is 2. The van der Waals surface area contributed by atoms with Gasteiger partial charge in [-0.05, 0) is 29.7 Å². The molecule has 1 fully saturated rings. The van der Waals surface area contributed by atoms with Gasteiger partial charge < -0.3 is 19.7 Å². The summed E-state index contributed by atoms with van der Waals surface area (Å²) in [6.45, 7) is 5.59. The number of methoxy groups -OCH3 is 2. The fourth-order valence-corrected chi connectivity index (χ4v) is 4.04. The molecule has 1 saturated heterocycles. The quantitative estimate of drug-likeness (QED) is 0.706. The van der Waals surface area contributed by atoms with Gasteiger partial charge in [0.2, 0.25) is 11.8 Å². The molecular weight excluding hydrogens is 392 g/mol. The van der Waals surface area contributed by atoms with Gasteiger partial charge in [0.1, 0.15) is 11.5 Å². The van der Waals surface area contributed by atoms with E-state index >= 15 is 0 Å². The van der Waals surface area contributed by atoms with Gasteiger partial charge in [-0.15, -0.1) is 0 Å². The van der Waals surface area contributed by atoms with Crippen molar-refractivity contribution in [3.8, 4) is 11.5 Å². The average molecular weight is 425 g/mol. The molecule has 2 amide bonds. The topological polar surface area (TPSA) is 67.9 Å². The number of carbonyl (C=O) groups excluding carboxylic acids is 2. The Balaban J connectivity index is 1.87. The molecule has 1 aliphatic rings. The summed E-state index contributed by atoms with van der Waals surface area (Å²) in [4.78, 5) is 27.9. The molecule has 0 aromatic heterocycles. The van der Waals surface area contributed by atoms with E-state index in [9.17, 15) is 9.59 Å². The van der Waals surface area contributed by atoms with Crippen LogP contribution in [0.25, 0.3) is 0 Å². The van der Waals surface area contributed by atoms with E-state index < -0.39 is 0 Å². The van der Waals surface area contributed by atoms with Crippen molar-refractivity contribution >= 4 is 11.8 Å². The van der Waals surface area contributed by atoms with Crippen molar-refractivity contribution in [3.05, 3.63) is 59.7 Å². The van der Waals surface area contributed by atoms with Gasteiger partial charge >= 0.3 is 0 Å². The lowest BCUT2D eigenvalue weighted by molar-refractivity contribution is -0.130. The second kappa shape index (κ2) is 10.3.